The van der Waals surface area contributed by atoms with E-state index in [-0.39, 0.29) is 26.5 Å². The van der Waals surface area contributed by atoms with Crippen LogP contribution in [0.2, 0.25) is 0 Å². The van der Waals surface area contributed by atoms with Gasteiger partial charge in [0.2, 0.25) is 0 Å². The Kier molecular flexibility index (Phi) is 10.4. The van der Waals surface area contributed by atoms with Crippen LogP contribution in [0.25, 0.3) is 0 Å². The van der Waals surface area contributed by atoms with Crippen LogP contribution < -0.4 is 0 Å². The predicted octanol–water partition coefficient (Wildman–Crippen LogP) is -2.17. The summed E-state index contributed by atoms with van der Waals surface area (Å²) in [6, 6.07) is 0. The minimum Gasteiger partial charge on any atom is -0.759 e. The third-order valence-corrected chi connectivity index (χ3v) is 0. The van der Waals surface area contributed by atoms with Gasteiger partial charge in [-0.3, -0.25) is 8.42 Å². The maximum Gasteiger partial charge on any atom is 2.00 e. The summed E-state index contributed by atoms with van der Waals surface area (Å²) in [4.78, 5) is 0. The van der Waals surface area contributed by atoms with Crippen LogP contribution >= 0.6 is 0 Å². The van der Waals surface area contributed by atoms with Crippen LogP contribution in [0.3, 0.4) is 0 Å². The Balaban J connectivity index is -0.0000000800. The first-order valence-corrected chi connectivity index (χ1v) is 2.00. The summed E-state index contributed by atoms with van der Waals surface area (Å²) >= 11 is 0. The Morgan fingerprint density at radius 1 is 1.14 bits per heavy atom. The van der Waals surface area contributed by atoms with E-state index in [1.165, 1.54) is 0 Å². The Labute approximate surface area is 54.9 Å². The molecule has 0 amide bonds. The van der Waals surface area contributed by atoms with Gasteiger partial charge in [0.1, 0.15) is 0 Å². The molecule has 0 aromatic heterocycles. The molecule has 0 aliphatic heterocycles. The van der Waals surface area contributed by atoms with Crippen molar-refractivity contribution in [2.45, 2.75) is 0 Å². The number of hydrogen-bond acceptors (Lipinski definition) is 4. The summed E-state index contributed by atoms with van der Waals surface area (Å²) in [5, 5.41) is 0. The fourth-order valence-electron chi connectivity index (χ4n) is 0. The van der Waals surface area contributed by atoms with Crippen molar-refractivity contribution >= 4 is 10.4 Å². The molecule has 0 saturated heterocycles. The molecule has 7 heteroatoms. The molecule has 0 spiro atoms. The molecule has 0 aliphatic carbocycles. The van der Waals surface area contributed by atoms with Crippen LogP contribution in [0.15, 0.2) is 0 Å². The Morgan fingerprint density at radius 2 is 1.14 bits per heavy atom. The molecule has 0 radical (unpaired) electrons. The van der Waals surface area contributed by atoms with Crippen LogP contribution in [0.1, 0.15) is 0 Å². The molecule has 0 aromatic carbocycles. The smallest absolute Gasteiger partial charge is 0.759 e. The minimum absolute atomic E-state index is 0. The second-order valence-electron chi connectivity index (χ2n) is 0.408. The van der Waals surface area contributed by atoms with Crippen molar-refractivity contribution in [2.75, 3.05) is 0 Å². The van der Waals surface area contributed by atoms with Crippen LogP contribution in [0, 0.1) is 0 Å². The van der Waals surface area contributed by atoms with Gasteiger partial charge < -0.3 is 14.6 Å². The molecular weight excluding hydrogens is 208 g/mol. The first-order valence-electron chi connectivity index (χ1n) is 0.667. The van der Waals surface area contributed by atoms with Crippen molar-refractivity contribution < 1.29 is 44.1 Å². The zero-order chi connectivity index (χ0) is 4.50. The number of rotatable bonds is 0. The second kappa shape index (κ2) is 4.67. The molecule has 0 fully saturated rings. The first kappa shape index (κ1) is 15.6. The molecule has 0 unspecified atom stereocenters. The molecule has 0 bridgehead atoms. The summed E-state index contributed by atoms with van der Waals surface area (Å²) in [5.74, 6) is 0. The SMILES string of the molecule is O.O=S(=O)([O-])[O-].[Mo+2]. The van der Waals surface area contributed by atoms with Crippen molar-refractivity contribution in [3.63, 3.8) is 0 Å². The minimum atomic E-state index is -5.17. The molecule has 5 nitrogen and oxygen atoms in total. The van der Waals surface area contributed by atoms with Gasteiger partial charge in [-0.2, -0.15) is 0 Å². The average molecular weight is 210 g/mol. The van der Waals surface area contributed by atoms with E-state index in [1.54, 1.807) is 0 Å². The molecular formula is H2MoO5S. The normalized spacial score (nSPS) is 8.29. The summed E-state index contributed by atoms with van der Waals surface area (Å²) in [6.07, 6.45) is 0. The van der Waals surface area contributed by atoms with E-state index in [1.807, 2.05) is 0 Å². The topological polar surface area (TPSA) is 112 Å². The van der Waals surface area contributed by atoms with Crippen molar-refractivity contribution in [2.24, 2.45) is 0 Å². The molecule has 0 atom stereocenters. The third-order valence-electron chi connectivity index (χ3n) is 0. The van der Waals surface area contributed by atoms with Crippen molar-refractivity contribution in [3.8, 4) is 0 Å². The summed E-state index contributed by atoms with van der Waals surface area (Å²) in [6.45, 7) is 0. The summed E-state index contributed by atoms with van der Waals surface area (Å²) < 4.78 is 34.1. The molecule has 44 valence electrons. The van der Waals surface area contributed by atoms with Gasteiger partial charge in [0.05, 0.1) is 0 Å². The maximum absolute atomic E-state index is 8.52. The zero-order valence-electron chi connectivity index (χ0n) is 2.95. The van der Waals surface area contributed by atoms with Crippen LogP contribution in [-0.4, -0.2) is 23.0 Å². The molecule has 0 heterocycles. The molecule has 2 N–H and O–H groups in total. The van der Waals surface area contributed by atoms with E-state index in [9.17, 15) is 0 Å². The molecule has 0 aromatic rings. The van der Waals surface area contributed by atoms with E-state index >= 15 is 0 Å². The van der Waals surface area contributed by atoms with Gasteiger partial charge in [0, 0.05) is 10.4 Å². The van der Waals surface area contributed by atoms with Gasteiger partial charge >= 0.3 is 21.1 Å². The third kappa shape index (κ3) is 495. The van der Waals surface area contributed by atoms with Gasteiger partial charge in [-0.05, 0) is 0 Å². The zero-order valence-corrected chi connectivity index (χ0v) is 5.77. The molecule has 0 rings (SSSR count). The van der Waals surface area contributed by atoms with E-state index in [0.29, 0.717) is 0 Å². The van der Waals surface area contributed by atoms with E-state index in [0.717, 1.165) is 0 Å². The Hall–Kier alpha value is 0.518. The molecule has 0 aliphatic rings. The van der Waals surface area contributed by atoms with Gasteiger partial charge in [-0.15, -0.1) is 0 Å². The van der Waals surface area contributed by atoms with Gasteiger partial charge in [-0.1, -0.05) is 0 Å². The van der Waals surface area contributed by atoms with Crippen molar-refractivity contribution in [1.82, 2.24) is 0 Å². The molecule has 7 heavy (non-hydrogen) atoms. The van der Waals surface area contributed by atoms with E-state index < -0.39 is 10.4 Å². The standard InChI is InChI=1S/Mo.H2O4S.H2O/c;1-5(2,3)4;/h;(H2,1,2,3,4);1H2/q+2;;/p-2. The Morgan fingerprint density at radius 3 is 1.14 bits per heavy atom. The molecule has 0 saturated carbocycles. The van der Waals surface area contributed by atoms with Crippen LogP contribution in [0.4, 0.5) is 0 Å². The van der Waals surface area contributed by atoms with Gasteiger partial charge in [0.15, 0.2) is 0 Å². The predicted molar refractivity (Wildman–Crippen MR) is 14.1 cm³/mol. The fourth-order valence-corrected chi connectivity index (χ4v) is 0. The quantitative estimate of drug-likeness (QED) is 0.257. The largest absolute Gasteiger partial charge is 2.00 e. The van der Waals surface area contributed by atoms with Crippen molar-refractivity contribution in [3.05, 3.63) is 0 Å². The van der Waals surface area contributed by atoms with Crippen LogP contribution in [-0.2, 0) is 31.5 Å². The van der Waals surface area contributed by atoms with Gasteiger partial charge in [0.25, 0.3) is 0 Å². The number of hydrogen-bond donors (Lipinski definition) is 0. The fraction of sp³-hybridized carbons (Fsp3) is 0. The maximum atomic E-state index is 8.52. The van der Waals surface area contributed by atoms with E-state index in [4.69, 9.17) is 17.5 Å². The second-order valence-corrected chi connectivity index (χ2v) is 1.22. The Bertz CT molecular complexity index is 91.2. The van der Waals surface area contributed by atoms with Gasteiger partial charge in [-0.25, -0.2) is 0 Å². The average Bonchev–Trinajstić information content (AvgIpc) is 0.722. The van der Waals surface area contributed by atoms with Crippen LogP contribution in [0.5, 0.6) is 0 Å². The van der Waals surface area contributed by atoms with Crippen molar-refractivity contribution in [1.29, 1.82) is 0 Å². The monoisotopic (exact) mass is 212 g/mol. The first-order chi connectivity index (χ1) is 2.00. The summed E-state index contributed by atoms with van der Waals surface area (Å²) in [5.41, 5.74) is 0. The summed E-state index contributed by atoms with van der Waals surface area (Å²) in [7, 11) is -5.17. The van der Waals surface area contributed by atoms with E-state index in [2.05, 4.69) is 0 Å².